The Kier molecular flexibility index (Phi) is 4.63. The second-order valence-electron chi connectivity index (χ2n) is 7.09. The molecule has 1 saturated carbocycles. The van der Waals surface area contributed by atoms with Gasteiger partial charge >= 0.3 is 0 Å². The fourth-order valence-corrected chi connectivity index (χ4v) is 3.94. The summed E-state index contributed by atoms with van der Waals surface area (Å²) in [5, 5.41) is 7.35. The van der Waals surface area contributed by atoms with Crippen LogP contribution in [0.3, 0.4) is 0 Å². The Labute approximate surface area is 152 Å². The molecule has 26 heavy (non-hydrogen) atoms. The number of benzene rings is 1. The number of aromatic nitrogens is 3. The molecule has 1 aromatic heterocycles. The second kappa shape index (κ2) is 7.07. The van der Waals surface area contributed by atoms with Crippen LogP contribution < -0.4 is 4.74 Å². The number of carbonyl (C=O) groups excluding carboxylic acids is 1. The van der Waals surface area contributed by atoms with Crippen LogP contribution in [-0.2, 0) is 11.3 Å². The summed E-state index contributed by atoms with van der Waals surface area (Å²) in [6, 6.07) is 7.39. The van der Waals surface area contributed by atoms with Gasteiger partial charge in [-0.05, 0) is 36.8 Å². The minimum absolute atomic E-state index is 0.0169. The lowest BCUT2D eigenvalue weighted by atomic mass is 9.91. The van der Waals surface area contributed by atoms with Crippen molar-refractivity contribution < 1.29 is 14.3 Å². The van der Waals surface area contributed by atoms with Crippen LogP contribution in [0.4, 0.5) is 0 Å². The van der Waals surface area contributed by atoms with Crippen molar-refractivity contribution in [2.45, 2.75) is 25.4 Å². The van der Waals surface area contributed by atoms with Crippen molar-refractivity contribution in [2.24, 2.45) is 11.8 Å². The molecule has 1 amide bonds. The molecular weight excluding hydrogens is 332 g/mol. The number of hydrogen-bond acceptors (Lipinski definition) is 5. The number of likely N-dealkylation sites (tertiary alicyclic amines) is 1. The van der Waals surface area contributed by atoms with Gasteiger partial charge in [0.1, 0.15) is 12.4 Å². The van der Waals surface area contributed by atoms with Gasteiger partial charge in [-0.25, -0.2) is 4.98 Å². The summed E-state index contributed by atoms with van der Waals surface area (Å²) in [5.74, 6) is 3.41. The molecule has 1 aliphatic carbocycles. The third-order valence-corrected chi connectivity index (χ3v) is 5.38. The van der Waals surface area contributed by atoms with E-state index in [2.05, 4.69) is 15.2 Å². The highest BCUT2D eigenvalue weighted by atomic mass is 16.5. The van der Waals surface area contributed by atoms with Crippen LogP contribution in [0.5, 0.6) is 5.75 Å². The Morgan fingerprint density at radius 1 is 1.27 bits per heavy atom. The zero-order valence-corrected chi connectivity index (χ0v) is 15.1. The van der Waals surface area contributed by atoms with Crippen molar-refractivity contribution in [3.8, 4) is 5.75 Å². The maximum Gasteiger partial charge on any atom is 0.257 e. The van der Waals surface area contributed by atoms with E-state index in [-0.39, 0.29) is 11.8 Å². The number of methoxy groups -OCH3 is 2. The summed E-state index contributed by atoms with van der Waals surface area (Å²) < 4.78 is 10.5. The van der Waals surface area contributed by atoms with Gasteiger partial charge in [-0.15, -0.1) is 0 Å². The summed E-state index contributed by atoms with van der Waals surface area (Å²) in [7, 11) is 3.23. The highest BCUT2D eigenvalue weighted by Gasteiger charge is 2.46. The third-order valence-electron chi connectivity index (χ3n) is 5.38. The Hall–Kier alpha value is -2.41. The van der Waals surface area contributed by atoms with Crippen LogP contribution in [0.2, 0.25) is 0 Å². The molecule has 1 aromatic carbocycles. The van der Waals surface area contributed by atoms with Crippen LogP contribution in [0.1, 0.15) is 40.8 Å². The molecule has 0 bridgehead atoms. The van der Waals surface area contributed by atoms with E-state index in [0.717, 1.165) is 18.2 Å². The maximum absolute atomic E-state index is 13.1. The predicted octanol–water partition coefficient (Wildman–Crippen LogP) is 2.23. The number of aromatic amines is 1. The lowest BCUT2D eigenvalue weighted by Gasteiger charge is -2.18. The molecular formula is C19H24N4O3. The van der Waals surface area contributed by atoms with Crippen molar-refractivity contribution in [1.29, 1.82) is 0 Å². The minimum atomic E-state index is 0.0169. The van der Waals surface area contributed by atoms with Gasteiger partial charge in [0.2, 0.25) is 0 Å². The molecule has 0 radical (unpaired) electrons. The molecule has 7 heteroatoms. The van der Waals surface area contributed by atoms with Crippen molar-refractivity contribution >= 4 is 5.91 Å². The molecule has 1 saturated heterocycles. The maximum atomic E-state index is 13.1. The Morgan fingerprint density at radius 2 is 2.08 bits per heavy atom. The van der Waals surface area contributed by atoms with E-state index >= 15 is 0 Å². The molecule has 7 nitrogen and oxygen atoms in total. The number of carbonyl (C=O) groups is 1. The summed E-state index contributed by atoms with van der Waals surface area (Å²) in [4.78, 5) is 19.6. The normalized spacial score (nSPS) is 22.6. The molecule has 1 aliphatic heterocycles. The van der Waals surface area contributed by atoms with Gasteiger partial charge in [0.25, 0.3) is 5.91 Å². The molecule has 2 atom stereocenters. The van der Waals surface area contributed by atoms with Crippen molar-refractivity contribution in [2.75, 3.05) is 27.3 Å². The summed E-state index contributed by atoms with van der Waals surface area (Å²) >= 11 is 0. The quantitative estimate of drug-likeness (QED) is 0.858. The first kappa shape index (κ1) is 17.0. The fraction of sp³-hybridized carbons (Fsp3) is 0.526. The van der Waals surface area contributed by atoms with E-state index in [1.54, 1.807) is 14.2 Å². The van der Waals surface area contributed by atoms with Crippen molar-refractivity contribution in [3.63, 3.8) is 0 Å². The molecule has 2 heterocycles. The van der Waals surface area contributed by atoms with Gasteiger partial charge in [-0.3, -0.25) is 9.89 Å². The first-order valence-corrected chi connectivity index (χ1v) is 9.03. The molecule has 4 rings (SSSR count). The number of hydrogen-bond donors (Lipinski definition) is 1. The van der Waals surface area contributed by atoms with Gasteiger partial charge in [0.15, 0.2) is 11.6 Å². The molecule has 138 valence electrons. The second-order valence-corrected chi connectivity index (χ2v) is 7.09. The predicted molar refractivity (Wildman–Crippen MR) is 94.9 cm³/mol. The van der Waals surface area contributed by atoms with Crippen LogP contribution >= 0.6 is 0 Å². The topological polar surface area (TPSA) is 80.3 Å². The van der Waals surface area contributed by atoms with Crippen LogP contribution in [0.25, 0.3) is 0 Å². The van der Waals surface area contributed by atoms with Crippen LogP contribution in [-0.4, -0.2) is 53.3 Å². The Balaban J connectivity index is 1.56. The molecule has 1 N–H and O–H groups in total. The standard InChI is InChI=1S/C19H24N4O3/c1-25-11-17-20-18(22-21-17)15-10-23(9-14(15)12-7-8-12)19(24)13-5-3-4-6-16(13)26-2/h3-6,12,14-15H,7-11H2,1-2H3,(H,20,21,22)/t14-,15+/m1/s1. The van der Waals surface area contributed by atoms with Gasteiger partial charge in [0.05, 0.1) is 12.7 Å². The number of nitrogens with zero attached hydrogens (tertiary/aromatic N) is 3. The van der Waals surface area contributed by atoms with Crippen molar-refractivity contribution in [3.05, 3.63) is 41.5 Å². The summed E-state index contributed by atoms with van der Waals surface area (Å²) in [5.41, 5.74) is 0.611. The number of nitrogens with one attached hydrogen (secondary N) is 1. The van der Waals surface area contributed by atoms with Gasteiger partial charge < -0.3 is 14.4 Å². The zero-order valence-electron chi connectivity index (χ0n) is 15.1. The highest BCUT2D eigenvalue weighted by Crippen LogP contribution is 2.47. The summed E-state index contributed by atoms with van der Waals surface area (Å²) in [6.07, 6.45) is 2.46. The first-order chi connectivity index (χ1) is 12.7. The van der Waals surface area contributed by atoms with Gasteiger partial charge in [-0.1, -0.05) is 12.1 Å². The van der Waals surface area contributed by atoms with E-state index in [9.17, 15) is 4.79 Å². The smallest absolute Gasteiger partial charge is 0.257 e. The summed E-state index contributed by atoms with van der Waals surface area (Å²) in [6.45, 7) is 1.81. The molecule has 2 aliphatic rings. The van der Waals surface area contributed by atoms with Gasteiger partial charge in [0, 0.05) is 26.1 Å². The Morgan fingerprint density at radius 3 is 2.81 bits per heavy atom. The van der Waals surface area contributed by atoms with Crippen molar-refractivity contribution in [1.82, 2.24) is 20.1 Å². The third kappa shape index (κ3) is 3.19. The number of rotatable bonds is 6. The minimum Gasteiger partial charge on any atom is -0.496 e. The highest BCUT2D eigenvalue weighted by molar-refractivity contribution is 5.97. The fourth-order valence-electron chi connectivity index (χ4n) is 3.94. The number of ether oxygens (including phenoxy) is 2. The average Bonchev–Trinajstić information content (AvgIpc) is 3.24. The van der Waals surface area contributed by atoms with Crippen LogP contribution in [0.15, 0.2) is 24.3 Å². The van der Waals surface area contributed by atoms with Gasteiger partial charge in [-0.2, -0.15) is 5.10 Å². The lowest BCUT2D eigenvalue weighted by molar-refractivity contribution is 0.0781. The average molecular weight is 356 g/mol. The molecule has 2 fully saturated rings. The SMILES string of the molecule is COCc1nc([C@H]2CN(C(=O)c3ccccc3OC)C[C@@H]2C2CC2)n[nH]1. The van der Waals surface area contributed by atoms with E-state index in [1.807, 2.05) is 29.2 Å². The largest absolute Gasteiger partial charge is 0.496 e. The number of H-pyrrole nitrogens is 1. The monoisotopic (exact) mass is 356 g/mol. The zero-order chi connectivity index (χ0) is 18.1. The number of amides is 1. The first-order valence-electron chi connectivity index (χ1n) is 9.03. The van der Waals surface area contributed by atoms with E-state index in [4.69, 9.17) is 9.47 Å². The Bertz CT molecular complexity index is 787. The molecule has 0 unspecified atom stereocenters. The van der Waals surface area contributed by atoms with E-state index in [1.165, 1.54) is 12.8 Å². The molecule has 0 spiro atoms. The molecule has 2 aromatic rings. The van der Waals surface area contributed by atoms with E-state index < -0.39 is 0 Å². The lowest BCUT2D eigenvalue weighted by Crippen LogP contribution is -2.29. The van der Waals surface area contributed by atoms with Crippen LogP contribution in [0, 0.1) is 11.8 Å². The number of para-hydroxylation sites is 1. The van der Waals surface area contributed by atoms with E-state index in [0.29, 0.717) is 36.3 Å².